The SMILES string of the molecule is Cc1ccc(S(=O)(=O)N2CC=C(C(=O)OC3CCCCC3)[C@H]2c2ccc3c(c2)OCO3)cc1. The summed E-state index contributed by atoms with van der Waals surface area (Å²) in [7, 11) is -3.86. The fraction of sp³-hybridized carbons (Fsp3) is 0.400. The van der Waals surface area contributed by atoms with Gasteiger partial charge in [-0.25, -0.2) is 13.2 Å². The van der Waals surface area contributed by atoms with Crippen LogP contribution in [0.15, 0.2) is 59.0 Å². The minimum absolute atomic E-state index is 0.0877. The highest BCUT2D eigenvalue weighted by Gasteiger charge is 2.42. The molecule has 1 fully saturated rings. The van der Waals surface area contributed by atoms with Gasteiger partial charge >= 0.3 is 5.97 Å². The van der Waals surface area contributed by atoms with Crippen LogP contribution in [0.25, 0.3) is 0 Å². The molecule has 5 rings (SSSR count). The molecule has 0 saturated heterocycles. The molecule has 1 saturated carbocycles. The van der Waals surface area contributed by atoms with E-state index in [4.69, 9.17) is 14.2 Å². The molecule has 8 heteroatoms. The fourth-order valence-electron chi connectivity index (χ4n) is 4.67. The Labute approximate surface area is 194 Å². The topological polar surface area (TPSA) is 82.1 Å². The maximum absolute atomic E-state index is 13.6. The van der Waals surface area contributed by atoms with Crippen LogP contribution in [0.1, 0.15) is 49.3 Å². The zero-order valence-electron chi connectivity index (χ0n) is 18.5. The Kier molecular flexibility index (Phi) is 5.88. The number of aryl methyl sites for hydroxylation is 1. The molecule has 0 amide bonds. The summed E-state index contributed by atoms with van der Waals surface area (Å²) in [5.74, 6) is 0.679. The van der Waals surface area contributed by atoms with Crippen molar-refractivity contribution < 1.29 is 27.4 Å². The number of sulfonamides is 1. The summed E-state index contributed by atoms with van der Waals surface area (Å²) in [6.45, 7) is 2.11. The molecule has 1 aliphatic carbocycles. The van der Waals surface area contributed by atoms with E-state index in [0.29, 0.717) is 22.6 Å². The monoisotopic (exact) mass is 469 g/mol. The number of fused-ring (bicyclic) bond motifs is 1. The van der Waals surface area contributed by atoms with Gasteiger partial charge in [-0.1, -0.05) is 36.3 Å². The first-order chi connectivity index (χ1) is 15.9. The summed E-state index contributed by atoms with van der Waals surface area (Å²) in [4.78, 5) is 13.4. The van der Waals surface area contributed by atoms with Gasteiger partial charge in [0.05, 0.1) is 16.5 Å². The van der Waals surface area contributed by atoms with Gasteiger partial charge in [0.25, 0.3) is 0 Å². The van der Waals surface area contributed by atoms with E-state index in [1.165, 1.54) is 4.31 Å². The second-order valence-corrected chi connectivity index (χ2v) is 10.6. The van der Waals surface area contributed by atoms with Crippen LogP contribution in [0.4, 0.5) is 0 Å². The molecule has 2 heterocycles. The molecule has 0 radical (unpaired) electrons. The van der Waals surface area contributed by atoms with Crippen molar-refractivity contribution in [1.29, 1.82) is 0 Å². The van der Waals surface area contributed by atoms with Crippen LogP contribution in [0.5, 0.6) is 11.5 Å². The Hall–Kier alpha value is -2.84. The highest BCUT2D eigenvalue weighted by Crippen LogP contribution is 2.42. The smallest absolute Gasteiger partial charge is 0.336 e. The number of nitrogens with zero attached hydrogens (tertiary/aromatic N) is 1. The summed E-state index contributed by atoms with van der Waals surface area (Å²) >= 11 is 0. The lowest BCUT2D eigenvalue weighted by atomic mass is 9.97. The van der Waals surface area contributed by atoms with Crippen LogP contribution in [-0.4, -0.2) is 38.1 Å². The Morgan fingerprint density at radius 2 is 1.73 bits per heavy atom. The first-order valence-corrected chi connectivity index (χ1v) is 12.8. The summed E-state index contributed by atoms with van der Waals surface area (Å²) in [5, 5.41) is 0. The van der Waals surface area contributed by atoms with Crippen LogP contribution < -0.4 is 9.47 Å². The van der Waals surface area contributed by atoms with Crippen LogP contribution in [0, 0.1) is 6.92 Å². The van der Waals surface area contributed by atoms with Crippen molar-refractivity contribution in [2.75, 3.05) is 13.3 Å². The van der Waals surface area contributed by atoms with Crippen LogP contribution in [-0.2, 0) is 19.6 Å². The number of benzene rings is 2. The molecule has 174 valence electrons. The summed E-state index contributed by atoms with van der Waals surface area (Å²) in [6, 6.07) is 11.2. The standard InChI is InChI=1S/C25H27NO6S/c1-17-7-10-20(11-8-17)33(28,29)26-14-13-21(25(27)32-19-5-3-2-4-6-19)24(26)18-9-12-22-23(15-18)31-16-30-22/h7-13,15,19,24H,2-6,14,16H2,1H3/t24-/m1/s1. The predicted molar refractivity (Wildman–Crippen MR) is 121 cm³/mol. The summed E-state index contributed by atoms with van der Waals surface area (Å²) in [6.07, 6.45) is 6.48. The molecule has 33 heavy (non-hydrogen) atoms. The maximum Gasteiger partial charge on any atom is 0.336 e. The highest BCUT2D eigenvalue weighted by molar-refractivity contribution is 7.89. The average Bonchev–Trinajstić information content (AvgIpc) is 3.47. The molecular formula is C25H27NO6S. The molecule has 7 nitrogen and oxygen atoms in total. The lowest BCUT2D eigenvalue weighted by molar-refractivity contribution is -0.146. The third kappa shape index (κ3) is 4.25. The first-order valence-electron chi connectivity index (χ1n) is 11.3. The Balaban J connectivity index is 1.50. The predicted octanol–water partition coefficient (Wildman–Crippen LogP) is 4.27. The second-order valence-electron chi connectivity index (χ2n) is 8.73. The van der Waals surface area contributed by atoms with E-state index in [1.807, 2.05) is 6.92 Å². The van der Waals surface area contributed by atoms with Crippen molar-refractivity contribution >= 4 is 16.0 Å². The van der Waals surface area contributed by atoms with Gasteiger partial charge in [0.2, 0.25) is 16.8 Å². The minimum Gasteiger partial charge on any atom is -0.459 e. The zero-order chi connectivity index (χ0) is 23.0. The van der Waals surface area contributed by atoms with E-state index in [2.05, 4.69) is 0 Å². The third-order valence-corrected chi connectivity index (χ3v) is 8.32. The van der Waals surface area contributed by atoms with Gasteiger partial charge in [-0.2, -0.15) is 4.31 Å². The zero-order valence-corrected chi connectivity index (χ0v) is 19.3. The van der Waals surface area contributed by atoms with E-state index in [0.717, 1.165) is 37.7 Å². The third-order valence-electron chi connectivity index (χ3n) is 6.48. The number of hydrogen-bond acceptors (Lipinski definition) is 6. The van der Waals surface area contributed by atoms with Gasteiger partial charge < -0.3 is 14.2 Å². The minimum atomic E-state index is -3.86. The highest BCUT2D eigenvalue weighted by atomic mass is 32.2. The molecule has 0 bridgehead atoms. The van der Waals surface area contributed by atoms with Crippen molar-refractivity contribution in [2.45, 2.75) is 56.1 Å². The van der Waals surface area contributed by atoms with Crippen molar-refractivity contribution in [3.8, 4) is 11.5 Å². The van der Waals surface area contributed by atoms with Gasteiger partial charge in [-0.3, -0.25) is 0 Å². The number of hydrogen-bond donors (Lipinski definition) is 0. The number of carbonyl (C=O) groups excluding carboxylic acids is 1. The van der Waals surface area contributed by atoms with Crippen LogP contribution in [0.3, 0.4) is 0 Å². The maximum atomic E-state index is 13.6. The number of carbonyl (C=O) groups is 1. The van der Waals surface area contributed by atoms with E-state index < -0.39 is 22.0 Å². The second kappa shape index (κ2) is 8.83. The van der Waals surface area contributed by atoms with Crippen molar-refractivity contribution in [2.24, 2.45) is 0 Å². The molecule has 2 aromatic carbocycles. The molecule has 0 N–H and O–H groups in total. The van der Waals surface area contributed by atoms with Gasteiger partial charge in [0.1, 0.15) is 6.10 Å². The summed E-state index contributed by atoms with van der Waals surface area (Å²) in [5.41, 5.74) is 1.95. The normalized spacial score (nSPS) is 21.1. The van der Waals surface area contributed by atoms with Crippen molar-refractivity contribution in [3.05, 3.63) is 65.2 Å². The first kappa shape index (κ1) is 22.0. The molecule has 2 aliphatic heterocycles. The quantitative estimate of drug-likeness (QED) is 0.608. The van der Waals surface area contributed by atoms with E-state index in [1.54, 1.807) is 48.5 Å². The number of esters is 1. The summed E-state index contributed by atoms with van der Waals surface area (Å²) < 4.78 is 45.3. The lowest BCUT2D eigenvalue weighted by Gasteiger charge is -2.28. The number of rotatable bonds is 5. The van der Waals surface area contributed by atoms with E-state index in [-0.39, 0.29) is 24.3 Å². The van der Waals surface area contributed by atoms with Crippen molar-refractivity contribution in [3.63, 3.8) is 0 Å². The largest absolute Gasteiger partial charge is 0.459 e. The van der Waals surface area contributed by atoms with E-state index >= 15 is 0 Å². The van der Waals surface area contributed by atoms with Gasteiger partial charge in [-0.15, -0.1) is 0 Å². The molecule has 0 unspecified atom stereocenters. The molecule has 1 atom stereocenters. The molecular weight excluding hydrogens is 442 g/mol. The fourth-order valence-corrected chi connectivity index (χ4v) is 6.20. The Morgan fingerprint density at radius 3 is 2.48 bits per heavy atom. The lowest BCUT2D eigenvalue weighted by Crippen LogP contribution is -2.34. The van der Waals surface area contributed by atoms with E-state index in [9.17, 15) is 13.2 Å². The van der Waals surface area contributed by atoms with Crippen LogP contribution >= 0.6 is 0 Å². The average molecular weight is 470 g/mol. The number of ether oxygens (including phenoxy) is 3. The molecule has 0 spiro atoms. The van der Waals surface area contributed by atoms with Gasteiger partial charge in [0, 0.05) is 6.54 Å². The Bertz CT molecular complexity index is 1180. The molecule has 0 aromatic heterocycles. The van der Waals surface area contributed by atoms with Gasteiger partial charge in [-0.05, 0) is 62.4 Å². The Morgan fingerprint density at radius 1 is 1.00 bits per heavy atom. The van der Waals surface area contributed by atoms with Crippen LogP contribution in [0.2, 0.25) is 0 Å². The van der Waals surface area contributed by atoms with Gasteiger partial charge in [0.15, 0.2) is 11.5 Å². The molecule has 3 aliphatic rings. The van der Waals surface area contributed by atoms with Crippen molar-refractivity contribution in [1.82, 2.24) is 4.31 Å². The molecule has 2 aromatic rings.